The van der Waals surface area contributed by atoms with Crippen LogP contribution in [0.3, 0.4) is 0 Å². The highest BCUT2D eigenvalue weighted by Gasteiger charge is 2.20. The third-order valence-corrected chi connectivity index (χ3v) is 4.16. The summed E-state index contributed by atoms with van der Waals surface area (Å²) in [5, 5.41) is 12.7. The Morgan fingerprint density at radius 2 is 2.24 bits per heavy atom. The number of aliphatic hydroxyl groups excluding tert-OH is 1. The van der Waals surface area contributed by atoms with Gasteiger partial charge in [0, 0.05) is 17.9 Å². The van der Waals surface area contributed by atoms with Crippen LogP contribution in [0.25, 0.3) is 0 Å². The number of furan rings is 1. The lowest BCUT2D eigenvalue weighted by atomic mass is 10.3. The van der Waals surface area contributed by atoms with Gasteiger partial charge in [0.2, 0.25) is 0 Å². The Kier molecular flexibility index (Phi) is 4.95. The first-order valence-corrected chi connectivity index (χ1v) is 7.36. The van der Waals surface area contributed by atoms with Crippen molar-refractivity contribution in [2.75, 3.05) is 6.61 Å². The largest absolute Gasteiger partial charge is 0.464 e. The molecule has 1 aliphatic rings. The van der Waals surface area contributed by atoms with Crippen LogP contribution >= 0.6 is 11.8 Å². The van der Waals surface area contributed by atoms with E-state index in [2.05, 4.69) is 24.4 Å². The van der Waals surface area contributed by atoms with Crippen LogP contribution in [-0.2, 0) is 12.3 Å². The van der Waals surface area contributed by atoms with Gasteiger partial charge >= 0.3 is 0 Å². The molecule has 4 heteroatoms. The summed E-state index contributed by atoms with van der Waals surface area (Å²) in [6, 6.07) is 4.84. The molecular formula is C13H21NO2S. The van der Waals surface area contributed by atoms with Gasteiger partial charge < -0.3 is 14.8 Å². The topological polar surface area (TPSA) is 45.4 Å². The molecule has 1 atom stereocenters. The molecule has 0 spiro atoms. The van der Waals surface area contributed by atoms with E-state index >= 15 is 0 Å². The van der Waals surface area contributed by atoms with Gasteiger partial charge in [0.1, 0.15) is 11.5 Å². The predicted molar refractivity (Wildman–Crippen MR) is 71.0 cm³/mol. The number of rotatable bonds is 8. The second kappa shape index (κ2) is 6.47. The molecule has 96 valence electrons. The summed E-state index contributed by atoms with van der Waals surface area (Å²) in [6.07, 6.45) is 3.46. The first kappa shape index (κ1) is 13.0. The zero-order valence-corrected chi connectivity index (χ0v) is 11.1. The third kappa shape index (κ3) is 4.74. The van der Waals surface area contributed by atoms with Crippen molar-refractivity contribution in [2.45, 2.75) is 49.8 Å². The van der Waals surface area contributed by atoms with Crippen LogP contribution in [-0.4, -0.2) is 23.0 Å². The Morgan fingerprint density at radius 3 is 2.94 bits per heavy atom. The van der Waals surface area contributed by atoms with Crippen LogP contribution in [0.2, 0.25) is 0 Å². The van der Waals surface area contributed by atoms with E-state index in [9.17, 15) is 0 Å². The van der Waals surface area contributed by atoms with Crippen LogP contribution in [0, 0.1) is 0 Å². The van der Waals surface area contributed by atoms with Gasteiger partial charge in [-0.05, 0) is 31.4 Å². The zero-order chi connectivity index (χ0) is 12.1. The van der Waals surface area contributed by atoms with Crippen molar-refractivity contribution < 1.29 is 9.52 Å². The molecule has 0 radical (unpaired) electrons. The van der Waals surface area contributed by atoms with Crippen LogP contribution in [0.15, 0.2) is 16.5 Å². The third-order valence-electron chi connectivity index (χ3n) is 2.91. The molecule has 0 aliphatic heterocycles. The van der Waals surface area contributed by atoms with Crippen LogP contribution in [0.1, 0.15) is 37.7 Å². The molecule has 0 bridgehead atoms. The van der Waals surface area contributed by atoms with Gasteiger partial charge in [-0.25, -0.2) is 0 Å². The molecule has 0 amide bonds. The number of aliphatic hydroxyl groups is 1. The predicted octanol–water partition coefficient (Wildman–Crippen LogP) is 2.54. The first-order valence-electron chi connectivity index (χ1n) is 6.31. The molecule has 3 nitrogen and oxygen atoms in total. The van der Waals surface area contributed by atoms with Crippen molar-refractivity contribution >= 4 is 11.8 Å². The van der Waals surface area contributed by atoms with Crippen molar-refractivity contribution in [2.24, 2.45) is 0 Å². The standard InChI is InChI=1S/C13H21NO2S/c1-10(6-7-15)17-9-13-5-4-12(16-13)8-14-11-2-3-11/h4-5,10-11,14-15H,2-3,6-9H2,1H3. The fourth-order valence-corrected chi connectivity index (χ4v) is 2.49. The molecular weight excluding hydrogens is 234 g/mol. The van der Waals surface area contributed by atoms with E-state index in [1.54, 1.807) is 0 Å². The molecule has 1 heterocycles. The van der Waals surface area contributed by atoms with E-state index < -0.39 is 0 Å². The average molecular weight is 255 g/mol. The summed E-state index contributed by atoms with van der Waals surface area (Å²) in [4.78, 5) is 0. The smallest absolute Gasteiger partial charge is 0.118 e. The lowest BCUT2D eigenvalue weighted by Gasteiger charge is -2.07. The summed E-state index contributed by atoms with van der Waals surface area (Å²) in [7, 11) is 0. The number of nitrogens with one attached hydrogen (secondary N) is 1. The van der Waals surface area contributed by atoms with E-state index in [0.717, 1.165) is 36.3 Å². The molecule has 17 heavy (non-hydrogen) atoms. The average Bonchev–Trinajstić information content (AvgIpc) is 3.03. The molecule has 1 aliphatic carbocycles. The van der Waals surface area contributed by atoms with E-state index in [-0.39, 0.29) is 6.61 Å². The van der Waals surface area contributed by atoms with Crippen LogP contribution in [0.5, 0.6) is 0 Å². The first-order chi connectivity index (χ1) is 8.28. The molecule has 2 N–H and O–H groups in total. The fraction of sp³-hybridized carbons (Fsp3) is 0.692. The van der Waals surface area contributed by atoms with Gasteiger partial charge in [-0.1, -0.05) is 6.92 Å². The Bertz CT molecular complexity index is 336. The normalized spacial score (nSPS) is 17.3. The number of hydrogen-bond donors (Lipinski definition) is 2. The highest BCUT2D eigenvalue weighted by molar-refractivity contribution is 7.99. The van der Waals surface area contributed by atoms with E-state index in [1.165, 1.54) is 12.8 Å². The van der Waals surface area contributed by atoms with Gasteiger partial charge in [0.25, 0.3) is 0 Å². The maximum absolute atomic E-state index is 8.82. The number of hydrogen-bond acceptors (Lipinski definition) is 4. The zero-order valence-electron chi connectivity index (χ0n) is 10.3. The molecule has 0 aromatic carbocycles. The van der Waals surface area contributed by atoms with Crippen molar-refractivity contribution in [1.82, 2.24) is 5.32 Å². The van der Waals surface area contributed by atoms with Gasteiger partial charge in [-0.2, -0.15) is 11.8 Å². The lowest BCUT2D eigenvalue weighted by Crippen LogP contribution is -2.14. The Labute approximate surface area is 107 Å². The fourth-order valence-electron chi connectivity index (χ4n) is 1.62. The Morgan fingerprint density at radius 1 is 1.47 bits per heavy atom. The van der Waals surface area contributed by atoms with E-state index in [0.29, 0.717) is 5.25 Å². The summed E-state index contributed by atoms with van der Waals surface area (Å²) >= 11 is 1.83. The van der Waals surface area contributed by atoms with Crippen LogP contribution < -0.4 is 5.32 Å². The summed E-state index contributed by atoms with van der Waals surface area (Å²) in [6.45, 7) is 3.25. The minimum absolute atomic E-state index is 0.267. The SMILES string of the molecule is CC(CCO)SCc1ccc(CNC2CC2)o1. The maximum atomic E-state index is 8.82. The minimum atomic E-state index is 0.267. The molecule has 1 fully saturated rings. The van der Waals surface area contributed by atoms with Gasteiger partial charge in [0.05, 0.1) is 12.3 Å². The molecule has 1 aromatic heterocycles. The Hall–Kier alpha value is -0.450. The van der Waals surface area contributed by atoms with E-state index in [1.807, 2.05) is 11.8 Å². The van der Waals surface area contributed by atoms with Gasteiger partial charge in [-0.15, -0.1) is 0 Å². The molecule has 0 saturated heterocycles. The van der Waals surface area contributed by atoms with E-state index in [4.69, 9.17) is 9.52 Å². The Balaban J connectivity index is 1.69. The number of thioether (sulfide) groups is 1. The summed E-state index contributed by atoms with van der Waals surface area (Å²) < 4.78 is 5.74. The lowest BCUT2D eigenvalue weighted by molar-refractivity contribution is 0.289. The van der Waals surface area contributed by atoms with Gasteiger partial charge in [-0.3, -0.25) is 0 Å². The second-order valence-electron chi connectivity index (χ2n) is 4.66. The molecule has 1 aromatic rings. The molecule has 1 unspecified atom stereocenters. The quantitative estimate of drug-likeness (QED) is 0.749. The van der Waals surface area contributed by atoms with Gasteiger partial charge in [0.15, 0.2) is 0 Å². The maximum Gasteiger partial charge on any atom is 0.118 e. The van der Waals surface area contributed by atoms with Crippen LogP contribution in [0.4, 0.5) is 0 Å². The highest BCUT2D eigenvalue weighted by Crippen LogP contribution is 2.22. The van der Waals surface area contributed by atoms with Crippen molar-refractivity contribution in [3.8, 4) is 0 Å². The molecule has 2 rings (SSSR count). The monoisotopic (exact) mass is 255 g/mol. The van der Waals surface area contributed by atoms with Crippen molar-refractivity contribution in [3.63, 3.8) is 0 Å². The summed E-state index contributed by atoms with van der Waals surface area (Å²) in [5.41, 5.74) is 0. The highest BCUT2D eigenvalue weighted by atomic mass is 32.2. The second-order valence-corrected chi connectivity index (χ2v) is 6.08. The van der Waals surface area contributed by atoms with Crippen molar-refractivity contribution in [3.05, 3.63) is 23.7 Å². The molecule has 1 saturated carbocycles. The van der Waals surface area contributed by atoms with Crippen molar-refractivity contribution in [1.29, 1.82) is 0 Å². The minimum Gasteiger partial charge on any atom is -0.464 e. The summed E-state index contributed by atoms with van der Waals surface area (Å²) in [5.74, 6) is 2.96.